The molecule has 0 saturated carbocycles. The standard InChI is InChI=1S/C11H15N5O2/c1-17-7-6-12-8-10-15-16-11(18-10)14-9-4-2-3-5-13-9/h2-5,12H,6-8H2,1H3,(H,13,14,16). The molecule has 2 rings (SSSR count). The molecule has 0 spiro atoms. The molecular formula is C11H15N5O2. The molecular weight excluding hydrogens is 234 g/mol. The van der Waals surface area contributed by atoms with Crippen LogP contribution in [0.15, 0.2) is 28.8 Å². The number of methoxy groups -OCH3 is 1. The van der Waals surface area contributed by atoms with Gasteiger partial charge in [-0.3, -0.25) is 5.32 Å². The summed E-state index contributed by atoms with van der Waals surface area (Å²) >= 11 is 0. The predicted octanol–water partition coefficient (Wildman–Crippen LogP) is 0.944. The Bertz CT molecular complexity index is 459. The van der Waals surface area contributed by atoms with Gasteiger partial charge < -0.3 is 14.5 Å². The van der Waals surface area contributed by atoms with Crippen LogP contribution in [0.3, 0.4) is 0 Å². The van der Waals surface area contributed by atoms with Gasteiger partial charge in [-0.25, -0.2) is 4.98 Å². The molecule has 0 amide bonds. The third-order valence-electron chi connectivity index (χ3n) is 2.13. The van der Waals surface area contributed by atoms with Crippen molar-refractivity contribution in [2.45, 2.75) is 6.54 Å². The fourth-order valence-electron chi connectivity index (χ4n) is 1.29. The van der Waals surface area contributed by atoms with Crippen molar-refractivity contribution in [3.63, 3.8) is 0 Å². The number of rotatable bonds is 7. The zero-order valence-electron chi connectivity index (χ0n) is 10.1. The van der Waals surface area contributed by atoms with Crippen molar-refractivity contribution < 1.29 is 9.15 Å². The molecule has 0 aliphatic carbocycles. The van der Waals surface area contributed by atoms with E-state index in [1.807, 2.05) is 18.2 Å². The van der Waals surface area contributed by atoms with Gasteiger partial charge in [0.1, 0.15) is 5.82 Å². The number of nitrogens with one attached hydrogen (secondary N) is 2. The molecule has 2 aromatic heterocycles. The van der Waals surface area contributed by atoms with E-state index in [9.17, 15) is 0 Å². The van der Waals surface area contributed by atoms with Gasteiger partial charge in [0.25, 0.3) is 0 Å². The zero-order chi connectivity index (χ0) is 12.6. The van der Waals surface area contributed by atoms with E-state index in [4.69, 9.17) is 9.15 Å². The van der Waals surface area contributed by atoms with Gasteiger partial charge in [0.05, 0.1) is 13.2 Å². The summed E-state index contributed by atoms with van der Waals surface area (Å²) in [6, 6.07) is 5.86. The van der Waals surface area contributed by atoms with Gasteiger partial charge >= 0.3 is 6.01 Å². The number of anilines is 2. The molecule has 96 valence electrons. The van der Waals surface area contributed by atoms with Crippen LogP contribution >= 0.6 is 0 Å². The summed E-state index contributed by atoms with van der Waals surface area (Å²) in [5, 5.41) is 13.8. The molecule has 0 radical (unpaired) electrons. The van der Waals surface area contributed by atoms with E-state index in [1.54, 1.807) is 13.3 Å². The lowest BCUT2D eigenvalue weighted by Gasteiger charge is -2.00. The predicted molar refractivity (Wildman–Crippen MR) is 65.4 cm³/mol. The van der Waals surface area contributed by atoms with Crippen LogP contribution in [-0.2, 0) is 11.3 Å². The Morgan fingerprint density at radius 1 is 1.33 bits per heavy atom. The van der Waals surface area contributed by atoms with E-state index in [0.29, 0.717) is 30.9 Å². The molecule has 0 saturated heterocycles. The largest absolute Gasteiger partial charge is 0.406 e. The Morgan fingerprint density at radius 3 is 3.06 bits per heavy atom. The Hall–Kier alpha value is -1.99. The number of nitrogens with zero attached hydrogens (tertiary/aromatic N) is 3. The molecule has 0 fully saturated rings. The number of hydrogen-bond donors (Lipinski definition) is 2. The molecule has 2 N–H and O–H groups in total. The van der Waals surface area contributed by atoms with Crippen LogP contribution in [0.4, 0.5) is 11.8 Å². The summed E-state index contributed by atoms with van der Waals surface area (Å²) in [6.45, 7) is 1.90. The van der Waals surface area contributed by atoms with Crippen molar-refractivity contribution in [2.75, 3.05) is 25.6 Å². The first kappa shape index (κ1) is 12.5. The lowest BCUT2D eigenvalue weighted by molar-refractivity contribution is 0.198. The minimum Gasteiger partial charge on any atom is -0.406 e. The van der Waals surface area contributed by atoms with Gasteiger partial charge in [-0.05, 0) is 12.1 Å². The monoisotopic (exact) mass is 249 g/mol. The Labute approximate surface area is 105 Å². The molecule has 2 heterocycles. The first-order valence-corrected chi connectivity index (χ1v) is 5.58. The normalized spacial score (nSPS) is 10.5. The van der Waals surface area contributed by atoms with Crippen LogP contribution < -0.4 is 10.6 Å². The second kappa shape index (κ2) is 6.67. The van der Waals surface area contributed by atoms with Crippen molar-refractivity contribution in [1.29, 1.82) is 0 Å². The van der Waals surface area contributed by atoms with Crippen LogP contribution in [0.2, 0.25) is 0 Å². The molecule has 0 aliphatic heterocycles. The van der Waals surface area contributed by atoms with Crippen LogP contribution in [0.1, 0.15) is 5.89 Å². The average molecular weight is 249 g/mol. The Balaban J connectivity index is 1.83. The molecule has 2 aromatic rings. The highest BCUT2D eigenvalue weighted by Crippen LogP contribution is 2.11. The molecule has 0 unspecified atom stereocenters. The summed E-state index contributed by atoms with van der Waals surface area (Å²) < 4.78 is 10.3. The fraction of sp³-hybridized carbons (Fsp3) is 0.364. The molecule has 0 aromatic carbocycles. The lowest BCUT2D eigenvalue weighted by atomic mass is 10.5. The van der Waals surface area contributed by atoms with E-state index in [1.165, 1.54) is 0 Å². The third-order valence-corrected chi connectivity index (χ3v) is 2.13. The SMILES string of the molecule is COCCNCc1nnc(Nc2ccccn2)o1. The van der Waals surface area contributed by atoms with Gasteiger partial charge in [-0.2, -0.15) is 0 Å². The minimum absolute atomic E-state index is 0.331. The van der Waals surface area contributed by atoms with Crippen LogP contribution in [0, 0.1) is 0 Å². The summed E-state index contributed by atoms with van der Waals surface area (Å²) in [7, 11) is 1.66. The topological polar surface area (TPSA) is 85.1 Å². The third kappa shape index (κ3) is 3.79. The quantitative estimate of drug-likeness (QED) is 0.706. The van der Waals surface area contributed by atoms with Gasteiger partial charge in [0, 0.05) is 19.9 Å². The van der Waals surface area contributed by atoms with Crippen molar-refractivity contribution in [2.24, 2.45) is 0 Å². The van der Waals surface area contributed by atoms with Crippen molar-refractivity contribution in [1.82, 2.24) is 20.5 Å². The molecule has 0 bridgehead atoms. The van der Waals surface area contributed by atoms with E-state index < -0.39 is 0 Å². The maximum absolute atomic E-state index is 5.39. The maximum Gasteiger partial charge on any atom is 0.321 e. The van der Waals surface area contributed by atoms with Crippen LogP contribution in [0.5, 0.6) is 0 Å². The lowest BCUT2D eigenvalue weighted by Crippen LogP contribution is -2.18. The van der Waals surface area contributed by atoms with Crippen LogP contribution in [-0.4, -0.2) is 35.4 Å². The molecule has 18 heavy (non-hydrogen) atoms. The summed E-state index contributed by atoms with van der Waals surface area (Å²) in [5.74, 6) is 1.18. The summed E-state index contributed by atoms with van der Waals surface area (Å²) in [4.78, 5) is 4.10. The average Bonchev–Trinajstić information content (AvgIpc) is 2.84. The second-order valence-electron chi connectivity index (χ2n) is 3.51. The highest BCUT2D eigenvalue weighted by Gasteiger charge is 2.05. The van der Waals surface area contributed by atoms with E-state index in [0.717, 1.165) is 6.54 Å². The van der Waals surface area contributed by atoms with Gasteiger partial charge in [-0.1, -0.05) is 11.2 Å². The van der Waals surface area contributed by atoms with Gasteiger partial charge in [-0.15, -0.1) is 5.10 Å². The summed E-state index contributed by atoms with van der Waals surface area (Å²) in [5.41, 5.74) is 0. The highest BCUT2D eigenvalue weighted by molar-refractivity contribution is 5.44. The van der Waals surface area contributed by atoms with E-state index in [2.05, 4.69) is 25.8 Å². The van der Waals surface area contributed by atoms with Gasteiger partial charge in [0.2, 0.25) is 5.89 Å². The van der Waals surface area contributed by atoms with E-state index in [-0.39, 0.29) is 0 Å². The zero-order valence-corrected chi connectivity index (χ0v) is 10.1. The van der Waals surface area contributed by atoms with Crippen LogP contribution in [0.25, 0.3) is 0 Å². The smallest absolute Gasteiger partial charge is 0.321 e. The molecule has 0 atom stereocenters. The van der Waals surface area contributed by atoms with Crippen molar-refractivity contribution >= 4 is 11.8 Å². The first-order valence-electron chi connectivity index (χ1n) is 5.58. The van der Waals surface area contributed by atoms with Crippen molar-refractivity contribution in [3.8, 4) is 0 Å². The highest BCUT2D eigenvalue weighted by atomic mass is 16.5. The fourth-order valence-corrected chi connectivity index (χ4v) is 1.29. The Morgan fingerprint density at radius 2 is 2.28 bits per heavy atom. The first-order chi connectivity index (χ1) is 8.88. The van der Waals surface area contributed by atoms with Gasteiger partial charge in [0.15, 0.2) is 0 Å². The molecule has 7 nitrogen and oxygen atoms in total. The number of pyridine rings is 1. The number of ether oxygens (including phenoxy) is 1. The van der Waals surface area contributed by atoms with E-state index >= 15 is 0 Å². The van der Waals surface area contributed by atoms with Crippen molar-refractivity contribution in [3.05, 3.63) is 30.3 Å². The molecule has 7 heteroatoms. The number of hydrogen-bond acceptors (Lipinski definition) is 7. The summed E-state index contributed by atoms with van der Waals surface area (Å²) in [6.07, 6.45) is 1.69. The second-order valence-corrected chi connectivity index (χ2v) is 3.51. The molecule has 0 aliphatic rings. The Kier molecular flexibility index (Phi) is 4.62. The number of aromatic nitrogens is 3. The maximum atomic E-state index is 5.39. The minimum atomic E-state index is 0.331.